The summed E-state index contributed by atoms with van der Waals surface area (Å²) in [5, 5.41) is 0. The third kappa shape index (κ3) is 4.47. The Balaban J connectivity index is 1.45. The molecule has 0 amide bonds. The van der Waals surface area contributed by atoms with Gasteiger partial charge in [0.05, 0.1) is 25.2 Å². The molecule has 3 aliphatic rings. The van der Waals surface area contributed by atoms with E-state index in [1.54, 1.807) is 30.3 Å². The molecule has 1 saturated carbocycles. The summed E-state index contributed by atoms with van der Waals surface area (Å²) in [6.07, 6.45) is 2.08. The topological polar surface area (TPSA) is 88.1 Å². The lowest BCUT2D eigenvalue weighted by atomic mass is 9.91. The third-order valence-corrected chi connectivity index (χ3v) is 5.78. The highest BCUT2D eigenvalue weighted by Gasteiger charge is 2.50. The molecule has 1 aromatic rings. The zero-order chi connectivity index (χ0) is 21.3. The first-order chi connectivity index (χ1) is 14.3. The number of ketones is 1. The molecule has 7 heteroatoms. The number of benzene rings is 1. The van der Waals surface area contributed by atoms with Crippen LogP contribution in [0.1, 0.15) is 37.0 Å². The Morgan fingerprint density at radius 3 is 2.53 bits per heavy atom. The van der Waals surface area contributed by atoms with E-state index in [-0.39, 0.29) is 41.5 Å². The highest BCUT2D eigenvalue weighted by atomic mass is 16.7. The van der Waals surface area contributed by atoms with Gasteiger partial charge in [-0.15, -0.1) is 0 Å². The maximum atomic E-state index is 12.5. The van der Waals surface area contributed by atoms with Crippen molar-refractivity contribution in [3.05, 3.63) is 48.0 Å². The minimum absolute atomic E-state index is 0.123. The highest BCUT2D eigenvalue weighted by molar-refractivity contribution is 5.92. The van der Waals surface area contributed by atoms with Gasteiger partial charge in [0.15, 0.2) is 0 Å². The number of esters is 2. The van der Waals surface area contributed by atoms with Crippen molar-refractivity contribution in [2.75, 3.05) is 13.2 Å². The number of hydrogen-bond donors (Lipinski definition) is 0. The summed E-state index contributed by atoms with van der Waals surface area (Å²) >= 11 is 0. The van der Waals surface area contributed by atoms with Crippen LogP contribution in [-0.4, -0.2) is 49.4 Å². The number of carbonyl (C=O) groups excluding carboxylic acids is 3. The van der Waals surface area contributed by atoms with Gasteiger partial charge in [-0.3, -0.25) is 9.59 Å². The molecule has 0 unspecified atom stereocenters. The van der Waals surface area contributed by atoms with E-state index in [2.05, 4.69) is 0 Å². The van der Waals surface area contributed by atoms with Gasteiger partial charge in [0.2, 0.25) is 12.1 Å². The predicted octanol–water partition coefficient (Wildman–Crippen LogP) is 2.69. The lowest BCUT2D eigenvalue weighted by molar-refractivity contribution is -0.214. The quantitative estimate of drug-likeness (QED) is 0.541. The van der Waals surface area contributed by atoms with E-state index in [0.29, 0.717) is 25.2 Å². The monoisotopic (exact) mass is 414 g/mol. The molecule has 0 N–H and O–H groups in total. The molecule has 0 spiro atoms. The zero-order valence-corrected chi connectivity index (χ0v) is 17.1. The molecule has 4 rings (SSSR count). The Morgan fingerprint density at radius 1 is 1.13 bits per heavy atom. The van der Waals surface area contributed by atoms with Crippen molar-refractivity contribution in [2.45, 2.75) is 45.2 Å². The van der Waals surface area contributed by atoms with Gasteiger partial charge in [-0.05, 0) is 18.2 Å². The Labute approximate surface area is 175 Å². The second-order valence-corrected chi connectivity index (χ2v) is 8.90. The van der Waals surface area contributed by atoms with E-state index in [1.165, 1.54) is 6.08 Å². The molecule has 0 aromatic heterocycles. The van der Waals surface area contributed by atoms with Gasteiger partial charge in [-0.2, -0.15) is 0 Å². The Kier molecular flexibility index (Phi) is 5.75. The van der Waals surface area contributed by atoms with Crippen molar-refractivity contribution in [3.63, 3.8) is 0 Å². The van der Waals surface area contributed by atoms with E-state index < -0.39 is 18.4 Å². The number of rotatable bonds is 5. The fourth-order valence-electron chi connectivity index (χ4n) is 4.21. The molecule has 2 heterocycles. The van der Waals surface area contributed by atoms with Gasteiger partial charge < -0.3 is 18.9 Å². The van der Waals surface area contributed by atoms with E-state index >= 15 is 0 Å². The molecule has 0 radical (unpaired) electrons. The van der Waals surface area contributed by atoms with Crippen LogP contribution in [0.5, 0.6) is 0 Å². The fourth-order valence-corrected chi connectivity index (χ4v) is 4.21. The molecule has 7 nitrogen and oxygen atoms in total. The average molecular weight is 414 g/mol. The van der Waals surface area contributed by atoms with Crippen LogP contribution in [0.2, 0.25) is 0 Å². The number of hydrogen-bond acceptors (Lipinski definition) is 7. The predicted molar refractivity (Wildman–Crippen MR) is 105 cm³/mol. The third-order valence-electron chi connectivity index (χ3n) is 5.78. The van der Waals surface area contributed by atoms with Crippen molar-refractivity contribution >= 4 is 17.7 Å². The summed E-state index contributed by atoms with van der Waals surface area (Å²) in [6.45, 7) is 4.88. The van der Waals surface area contributed by atoms with Crippen molar-refractivity contribution in [1.82, 2.24) is 0 Å². The Hall–Kier alpha value is -2.51. The van der Waals surface area contributed by atoms with Crippen LogP contribution >= 0.6 is 0 Å². The van der Waals surface area contributed by atoms with Crippen LogP contribution in [0.4, 0.5) is 0 Å². The van der Waals surface area contributed by atoms with Gasteiger partial charge in [0.25, 0.3) is 0 Å². The first-order valence-corrected chi connectivity index (χ1v) is 10.2. The van der Waals surface area contributed by atoms with Gasteiger partial charge in [0.1, 0.15) is 12.2 Å². The average Bonchev–Trinajstić information content (AvgIpc) is 3.22. The smallest absolute Gasteiger partial charge is 0.338 e. The maximum absolute atomic E-state index is 12.5. The molecule has 1 aromatic carbocycles. The lowest BCUT2D eigenvalue weighted by Gasteiger charge is -2.33. The molecule has 1 aliphatic carbocycles. The van der Waals surface area contributed by atoms with Crippen LogP contribution in [0.3, 0.4) is 0 Å². The van der Waals surface area contributed by atoms with Gasteiger partial charge in [-0.1, -0.05) is 38.1 Å². The standard InChI is InChI=1S/C23H26O7/c1-23(2)12-27-22(28-13-23)17(24)9-8-15-16-10-20(25)29-19(16)11-18(15)30-21(26)14-6-4-3-5-7-14/h3-9,15-16,18-19,22H,10-13H2,1-2H3/t15-,16-,18-,19+/m1/s1. The molecule has 2 saturated heterocycles. The first-order valence-electron chi connectivity index (χ1n) is 10.2. The van der Waals surface area contributed by atoms with E-state index in [4.69, 9.17) is 18.9 Å². The summed E-state index contributed by atoms with van der Waals surface area (Å²) in [7, 11) is 0. The normalized spacial score (nSPS) is 30.8. The van der Waals surface area contributed by atoms with E-state index in [9.17, 15) is 14.4 Å². The minimum atomic E-state index is -0.932. The van der Waals surface area contributed by atoms with Gasteiger partial charge in [-0.25, -0.2) is 4.79 Å². The van der Waals surface area contributed by atoms with Crippen LogP contribution in [-0.2, 0) is 28.5 Å². The van der Waals surface area contributed by atoms with E-state index in [1.807, 2.05) is 19.9 Å². The SMILES string of the molecule is CC1(C)COC(C(=O)C=C[C@@H]2[C@H]3CC(=O)O[C@H]3C[C@H]2OC(=O)c2ccccc2)OC1. The maximum Gasteiger partial charge on any atom is 0.338 e. The van der Waals surface area contributed by atoms with Crippen molar-refractivity contribution in [1.29, 1.82) is 0 Å². The molecule has 30 heavy (non-hydrogen) atoms. The zero-order valence-electron chi connectivity index (χ0n) is 17.1. The van der Waals surface area contributed by atoms with Crippen molar-refractivity contribution in [2.24, 2.45) is 17.3 Å². The highest BCUT2D eigenvalue weighted by Crippen LogP contribution is 2.43. The second kappa shape index (κ2) is 8.32. The van der Waals surface area contributed by atoms with Crippen LogP contribution in [0, 0.1) is 17.3 Å². The summed E-state index contributed by atoms with van der Waals surface area (Å²) < 4.78 is 22.2. The van der Waals surface area contributed by atoms with E-state index in [0.717, 1.165) is 0 Å². The molecular weight excluding hydrogens is 388 g/mol. The lowest BCUT2D eigenvalue weighted by Crippen LogP contribution is -2.41. The summed E-state index contributed by atoms with van der Waals surface area (Å²) in [6, 6.07) is 8.73. The molecular formula is C23H26O7. The molecule has 4 atom stereocenters. The molecule has 3 fully saturated rings. The fraction of sp³-hybridized carbons (Fsp3) is 0.522. The number of ether oxygens (including phenoxy) is 4. The first kappa shape index (κ1) is 20.8. The second-order valence-electron chi connectivity index (χ2n) is 8.90. The summed E-state index contributed by atoms with van der Waals surface area (Å²) in [4.78, 5) is 36.8. The number of carbonyl (C=O) groups is 3. The van der Waals surface area contributed by atoms with Crippen LogP contribution in [0.15, 0.2) is 42.5 Å². The van der Waals surface area contributed by atoms with Crippen molar-refractivity contribution < 1.29 is 33.3 Å². The minimum Gasteiger partial charge on any atom is -0.462 e. The summed E-state index contributed by atoms with van der Waals surface area (Å²) in [5.41, 5.74) is 0.328. The van der Waals surface area contributed by atoms with Crippen LogP contribution < -0.4 is 0 Å². The molecule has 0 bridgehead atoms. The largest absolute Gasteiger partial charge is 0.462 e. The van der Waals surface area contributed by atoms with Crippen LogP contribution in [0.25, 0.3) is 0 Å². The van der Waals surface area contributed by atoms with Gasteiger partial charge >= 0.3 is 11.9 Å². The Morgan fingerprint density at radius 2 is 1.83 bits per heavy atom. The molecule has 160 valence electrons. The Bertz CT molecular complexity index is 834. The number of fused-ring (bicyclic) bond motifs is 1. The molecule has 2 aliphatic heterocycles. The van der Waals surface area contributed by atoms with Gasteiger partial charge in [0, 0.05) is 23.7 Å². The van der Waals surface area contributed by atoms with Crippen molar-refractivity contribution in [3.8, 4) is 0 Å². The summed E-state index contributed by atoms with van der Waals surface area (Å²) in [5.74, 6) is -1.41.